The van der Waals surface area contributed by atoms with Gasteiger partial charge in [0.1, 0.15) is 17.1 Å². The molecule has 0 radical (unpaired) electrons. The summed E-state index contributed by atoms with van der Waals surface area (Å²) in [6, 6.07) is 6.27. The largest absolute Gasteiger partial charge is 0.496 e. The number of benzene rings is 1. The van der Waals surface area contributed by atoms with Gasteiger partial charge in [-0.25, -0.2) is 9.97 Å². The van der Waals surface area contributed by atoms with Gasteiger partial charge >= 0.3 is 0 Å². The summed E-state index contributed by atoms with van der Waals surface area (Å²) in [4.78, 5) is 27.2. The number of carbonyl (C=O) groups excluding carboxylic acids is 1. The molecule has 0 unspecified atom stereocenters. The van der Waals surface area contributed by atoms with Gasteiger partial charge in [0.05, 0.1) is 35.5 Å². The van der Waals surface area contributed by atoms with E-state index in [1.807, 2.05) is 0 Å². The molecule has 4 N–H and O–H groups in total. The van der Waals surface area contributed by atoms with Crippen LogP contribution in [-0.4, -0.2) is 59.0 Å². The van der Waals surface area contributed by atoms with Crippen LogP contribution in [0.5, 0.6) is 5.75 Å². The molecule has 1 aliphatic heterocycles. The van der Waals surface area contributed by atoms with Crippen LogP contribution in [0.3, 0.4) is 0 Å². The second-order valence-electron chi connectivity index (χ2n) is 10.3. The molecule has 1 saturated heterocycles. The standard InChI is InChI=1S/C27H31ClN6O2/c1-34-9-7-14(8-10-34)15-5-6-18(20(12-15)36-2)26-32-24-23(19(28)13-30-27(24)33-26)31-22-17-4-3-16(11-17)21(22)25(29)35/h3-6,12-14,16-17,21-22H,7-11H2,1-2H3,(H2,29,35)(H2,30,31,32,33)/t16-,17+,21+,22-/m1/s1. The number of fused-ring (bicyclic) bond motifs is 3. The van der Waals surface area contributed by atoms with Crippen LogP contribution in [0.1, 0.15) is 30.7 Å². The number of anilines is 1. The highest BCUT2D eigenvalue weighted by Gasteiger charge is 2.47. The first-order valence-electron chi connectivity index (χ1n) is 12.6. The minimum atomic E-state index is -0.287. The van der Waals surface area contributed by atoms with Crippen molar-refractivity contribution in [3.8, 4) is 17.1 Å². The third-order valence-corrected chi connectivity index (χ3v) is 8.53. The van der Waals surface area contributed by atoms with E-state index in [1.54, 1.807) is 13.3 Å². The summed E-state index contributed by atoms with van der Waals surface area (Å²) in [5.74, 6) is 1.82. The van der Waals surface area contributed by atoms with Gasteiger partial charge in [-0.2, -0.15) is 0 Å². The van der Waals surface area contributed by atoms with Crippen molar-refractivity contribution < 1.29 is 9.53 Å². The Morgan fingerprint density at radius 1 is 1.25 bits per heavy atom. The number of carbonyl (C=O) groups is 1. The van der Waals surface area contributed by atoms with Crippen LogP contribution in [0.15, 0.2) is 36.5 Å². The molecule has 3 aromatic rings. The van der Waals surface area contributed by atoms with Crippen molar-refractivity contribution in [2.24, 2.45) is 23.5 Å². The molecule has 8 nitrogen and oxygen atoms in total. The van der Waals surface area contributed by atoms with Gasteiger partial charge in [0.15, 0.2) is 5.65 Å². The molecular formula is C27H31ClN6O2. The van der Waals surface area contributed by atoms with Gasteiger partial charge in [0, 0.05) is 6.04 Å². The van der Waals surface area contributed by atoms with Crippen molar-refractivity contribution in [1.82, 2.24) is 19.9 Å². The van der Waals surface area contributed by atoms with Gasteiger partial charge in [-0.15, -0.1) is 0 Å². The van der Waals surface area contributed by atoms with Crippen LogP contribution in [0, 0.1) is 17.8 Å². The summed E-state index contributed by atoms with van der Waals surface area (Å²) in [6.45, 7) is 2.21. The highest BCUT2D eigenvalue weighted by Crippen LogP contribution is 2.46. The number of nitrogens with zero attached hydrogens (tertiary/aromatic N) is 3. The van der Waals surface area contributed by atoms with Crippen molar-refractivity contribution in [2.45, 2.75) is 31.2 Å². The number of H-pyrrole nitrogens is 1. The van der Waals surface area contributed by atoms with Gasteiger partial charge in [-0.3, -0.25) is 4.79 Å². The van der Waals surface area contributed by atoms with Crippen LogP contribution in [0.25, 0.3) is 22.6 Å². The van der Waals surface area contributed by atoms with Crippen LogP contribution in [-0.2, 0) is 4.79 Å². The fraction of sp³-hybridized carbons (Fsp3) is 0.444. The number of likely N-dealkylation sites (tertiary alicyclic amines) is 1. The molecule has 3 aliphatic rings. The quantitative estimate of drug-likeness (QED) is 0.433. The second-order valence-corrected chi connectivity index (χ2v) is 10.8. The molecule has 1 amide bonds. The Bertz CT molecular complexity index is 1350. The lowest BCUT2D eigenvalue weighted by Gasteiger charge is -2.29. The number of methoxy groups -OCH3 is 1. The number of imidazole rings is 1. The Kier molecular flexibility index (Phi) is 5.88. The fourth-order valence-corrected chi connectivity index (χ4v) is 6.47. The van der Waals surface area contributed by atoms with E-state index in [0.29, 0.717) is 33.6 Å². The number of aromatic amines is 1. The first-order chi connectivity index (χ1) is 17.4. The Labute approximate surface area is 215 Å². The summed E-state index contributed by atoms with van der Waals surface area (Å²) < 4.78 is 5.79. The number of piperidine rings is 1. The molecule has 2 bridgehead atoms. The lowest BCUT2D eigenvalue weighted by atomic mass is 9.88. The normalized spacial score (nSPS) is 26.1. The molecule has 1 saturated carbocycles. The van der Waals surface area contributed by atoms with E-state index in [0.717, 1.165) is 43.7 Å². The van der Waals surface area contributed by atoms with Crippen molar-refractivity contribution in [3.63, 3.8) is 0 Å². The third-order valence-electron chi connectivity index (χ3n) is 8.24. The molecule has 36 heavy (non-hydrogen) atoms. The summed E-state index contributed by atoms with van der Waals surface area (Å²) >= 11 is 6.61. The minimum Gasteiger partial charge on any atom is -0.496 e. The predicted octanol–water partition coefficient (Wildman–Crippen LogP) is 4.18. The fourth-order valence-electron chi connectivity index (χ4n) is 6.28. The molecule has 9 heteroatoms. The average Bonchev–Trinajstić information content (AvgIpc) is 3.60. The van der Waals surface area contributed by atoms with Gasteiger partial charge in [0.25, 0.3) is 0 Å². The Hall–Kier alpha value is -3.10. The number of nitrogens with one attached hydrogen (secondary N) is 2. The first-order valence-corrected chi connectivity index (χ1v) is 13.0. The Morgan fingerprint density at radius 3 is 2.78 bits per heavy atom. The van der Waals surface area contributed by atoms with Crippen LogP contribution < -0.4 is 15.8 Å². The molecular weight excluding hydrogens is 476 g/mol. The zero-order chi connectivity index (χ0) is 25.0. The highest BCUT2D eigenvalue weighted by atomic mass is 35.5. The van der Waals surface area contributed by atoms with E-state index in [1.165, 1.54) is 5.56 Å². The van der Waals surface area contributed by atoms with Gasteiger partial charge in [-0.05, 0) is 74.8 Å². The summed E-state index contributed by atoms with van der Waals surface area (Å²) in [5, 5.41) is 4.00. The van der Waals surface area contributed by atoms with Crippen molar-refractivity contribution in [1.29, 1.82) is 0 Å². The topological polar surface area (TPSA) is 109 Å². The molecule has 3 heterocycles. The predicted molar refractivity (Wildman–Crippen MR) is 141 cm³/mol. The van der Waals surface area contributed by atoms with Gasteiger partial charge < -0.3 is 25.7 Å². The molecule has 0 spiro atoms. The maximum Gasteiger partial charge on any atom is 0.223 e. The lowest BCUT2D eigenvalue weighted by Crippen LogP contribution is -2.41. The molecule has 6 rings (SSSR count). The number of nitrogens with two attached hydrogens (primary N) is 1. The van der Waals surface area contributed by atoms with E-state index in [4.69, 9.17) is 27.1 Å². The van der Waals surface area contributed by atoms with E-state index in [9.17, 15) is 4.79 Å². The molecule has 2 fully saturated rings. The number of amides is 1. The molecule has 188 valence electrons. The van der Waals surface area contributed by atoms with E-state index in [-0.39, 0.29) is 29.7 Å². The number of aromatic nitrogens is 3. The van der Waals surface area contributed by atoms with Crippen molar-refractivity contribution in [3.05, 3.63) is 47.1 Å². The number of hydrogen-bond acceptors (Lipinski definition) is 6. The molecule has 2 aromatic heterocycles. The molecule has 2 aliphatic carbocycles. The lowest BCUT2D eigenvalue weighted by molar-refractivity contribution is -0.122. The van der Waals surface area contributed by atoms with Gasteiger partial charge in [0.2, 0.25) is 5.91 Å². The number of halogens is 1. The zero-order valence-electron chi connectivity index (χ0n) is 20.5. The van der Waals surface area contributed by atoms with Gasteiger partial charge in [-0.1, -0.05) is 29.8 Å². The maximum atomic E-state index is 12.2. The Morgan fingerprint density at radius 2 is 2.03 bits per heavy atom. The number of rotatable bonds is 6. The third kappa shape index (κ3) is 3.92. The smallest absolute Gasteiger partial charge is 0.223 e. The van der Waals surface area contributed by atoms with Crippen LogP contribution >= 0.6 is 11.6 Å². The number of primary amides is 1. The maximum absolute atomic E-state index is 12.2. The summed E-state index contributed by atoms with van der Waals surface area (Å²) in [7, 11) is 3.86. The number of ether oxygens (including phenoxy) is 1. The van der Waals surface area contributed by atoms with E-state index < -0.39 is 0 Å². The number of hydrogen-bond donors (Lipinski definition) is 3. The Balaban J connectivity index is 1.34. The van der Waals surface area contributed by atoms with Crippen molar-refractivity contribution >= 4 is 34.4 Å². The molecule has 4 atom stereocenters. The van der Waals surface area contributed by atoms with Crippen LogP contribution in [0.2, 0.25) is 5.02 Å². The number of allylic oxidation sites excluding steroid dienone is 1. The van der Waals surface area contributed by atoms with E-state index in [2.05, 4.69) is 57.6 Å². The molecule has 1 aromatic carbocycles. The minimum absolute atomic E-state index is 0.115. The summed E-state index contributed by atoms with van der Waals surface area (Å²) in [6.07, 6.45) is 9.09. The van der Waals surface area contributed by atoms with Crippen LogP contribution in [0.4, 0.5) is 5.69 Å². The van der Waals surface area contributed by atoms with E-state index >= 15 is 0 Å². The average molecular weight is 507 g/mol. The second kappa shape index (κ2) is 9.09. The number of pyridine rings is 1. The first kappa shape index (κ1) is 23.3. The SMILES string of the molecule is COc1cc(C2CCN(C)CC2)ccc1-c1nc2ncc(Cl)c(N[C@H]3[C@@H](C(N)=O)[C@@H]4C=C[C@H]3C4)c2[nH]1. The summed E-state index contributed by atoms with van der Waals surface area (Å²) in [5.41, 5.74) is 9.88. The highest BCUT2D eigenvalue weighted by molar-refractivity contribution is 6.34. The monoisotopic (exact) mass is 506 g/mol. The zero-order valence-corrected chi connectivity index (χ0v) is 21.3. The van der Waals surface area contributed by atoms with Crippen molar-refractivity contribution in [2.75, 3.05) is 32.6 Å².